The minimum atomic E-state index is 0.135. The van der Waals surface area contributed by atoms with Gasteiger partial charge in [-0.2, -0.15) is 0 Å². The fourth-order valence-corrected chi connectivity index (χ4v) is 2.81. The lowest BCUT2D eigenvalue weighted by Gasteiger charge is -2.44. The molecule has 1 unspecified atom stereocenters. The molecule has 0 amide bonds. The largest absolute Gasteiger partial charge is 0.379 e. The van der Waals surface area contributed by atoms with Gasteiger partial charge in [-0.25, -0.2) is 0 Å². The van der Waals surface area contributed by atoms with Crippen LogP contribution in [0.25, 0.3) is 0 Å². The van der Waals surface area contributed by atoms with Crippen molar-refractivity contribution in [3.8, 4) is 0 Å². The Morgan fingerprint density at radius 2 is 1.25 bits per heavy atom. The highest BCUT2D eigenvalue weighted by Crippen LogP contribution is 2.18. The van der Waals surface area contributed by atoms with Crippen molar-refractivity contribution in [1.82, 2.24) is 9.80 Å². The number of hydrogen-bond acceptors (Lipinski definition) is 4. The van der Waals surface area contributed by atoms with Gasteiger partial charge in [-0.05, 0) is 6.92 Å². The molecule has 5 heteroatoms. The van der Waals surface area contributed by atoms with E-state index in [2.05, 4.69) is 16.7 Å². The van der Waals surface area contributed by atoms with Crippen molar-refractivity contribution >= 4 is 11.6 Å². The maximum atomic E-state index is 6.35. The Balaban J connectivity index is 1.96. The Hall–Kier alpha value is 0.130. The zero-order chi connectivity index (χ0) is 11.4. The highest BCUT2D eigenvalue weighted by atomic mass is 35.5. The maximum absolute atomic E-state index is 6.35. The van der Waals surface area contributed by atoms with E-state index < -0.39 is 0 Å². The van der Waals surface area contributed by atoms with E-state index in [0.29, 0.717) is 6.17 Å². The Bertz CT molecular complexity index is 186. The van der Waals surface area contributed by atoms with Crippen LogP contribution in [0.15, 0.2) is 0 Å². The van der Waals surface area contributed by atoms with Gasteiger partial charge in [0, 0.05) is 26.2 Å². The minimum absolute atomic E-state index is 0.135. The second kappa shape index (κ2) is 6.17. The highest BCUT2D eigenvalue weighted by molar-refractivity contribution is 6.20. The van der Waals surface area contributed by atoms with Crippen LogP contribution >= 0.6 is 11.6 Å². The number of halogens is 1. The summed E-state index contributed by atoms with van der Waals surface area (Å²) in [5.74, 6) is 0. The molecule has 0 aromatic rings. The number of hydrogen-bond donors (Lipinski definition) is 0. The summed E-state index contributed by atoms with van der Waals surface area (Å²) in [5.41, 5.74) is 0. The van der Waals surface area contributed by atoms with Crippen LogP contribution in [0, 0.1) is 0 Å². The van der Waals surface area contributed by atoms with E-state index in [1.165, 1.54) is 0 Å². The fraction of sp³-hybridized carbons (Fsp3) is 1.00. The van der Waals surface area contributed by atoms with Gasteiger partial charge >= 0.3 is 0 Å². The van der Waals surface area contributed by atoms with E-state index in [1.54, 1.807) is 0 Å². The summed E-state index contributed by atoms with van der Waals surface area (Å²) in [5, 5.41) is 0.135. The molecule has 0 N–H and O–H groups in total. The molecular weight excluding hydrogens is 228 g/mol. The van der Waals surface area contributed by atoms with Crippen molar-refractivity contribution in [3.05, 3.63) is 0 Å². The summed E-state index contributed by atoms with van der Waals surface area (Å²) in [6, 6.07) is 0. The first-order valence-corrected chi connectivity index (χ1v) is 6.50. The molecule has 2 saturated heterocycles. The van der Waals surface area contributed by atoms with Gasteiger partial charge in [-0.15, -0.1) is 11.6 Å². The van der Waals surface area contributed by atoms with Crippen molar-refractivity contribution in [1.29, 1.82) is 0 Å². The summed E-state index contributed by atoms with van der Waals surface area (Å²) in [7, 11) is 0. The molecule has 2 rings (SSSR count). The standard InChI is InChI=1S/C11H21ClN2O2/c1-10(12)11(13-2-6-15-7-3-13)14-4-8-16-9-5-14/h10-11H,2-9H2,1H3. The van der Waals surface area contributed by atoms with E-state index in [9.17, 15) is 0 Å². The topological polar surface area (TPSA) is 24.9 Å². The summed E-state index contributed by atoms with van der Waals surface area (Å²) in [6.45, 7) is 9.32. The van der Waals surface area contributed by atoms with Crippen LogP contribution < -0.4 is 0 Å². The number of rotatable bonds is 3. The van der Waals surface area contributed by atoms with Gasteiger partial charge in [0.2, 0.25) is 0 Å². The fourth-order valence-electron chi connectivity index (χ4n) is 2.50. The molecule has 1 atom stereocenters. The quantitative estimate of drug-likeness (QED) is 0.684. The van der Waals surface area contributed by atoms with Crippen LogP contribution in [0.2, 0.25) is 0 Å². The average Bonchev–Trinajstić information content (AvgIpc) is 2.31. The number of nitrogens with zero attached hydrogens (tertiary/aromatic N) is 2. The van der Waals surface area contributed by atoms with E-state index >= 15 is 0 Å². The first-order chi connectivity index (χ1) is 7.79. The Morgan fingerprint density at radius 1 is 0.875 bits per heavy atom. The van der Waals surface area contributed by atoms with Gasteiger partial charge in [0.1, 0.15) is 0 Å². The third-order valence-electron chi connectivity index (χ3n) is 3.25. The maximum Gasteiger partial charge on any atom is 0.0791 e. The molecule has 4 nitrogen and oxygen atoms in total. The third-order valence-corrected chi connectivity index (χ3v) is 3.48. The predicted molar refractivity (Wildman–Crippen MR) is 63.9 cm³/mol. The van der Waals surface area contributed by atoms with Gasteiger partial charge < -0.3 is 9.47 Å². The van der Waals surface area contributed by atoms with Crippen molar-refractivity contribution in [2.45, 2.75) is 18.5 Å². The van der Waals surface area contributed by atoms with Gasteiger partial charge in [-0.1, -0.05) is 0 Å². The first kappa shape index (κ1) is 12.6. The normalized spacial score (nSPS) is 27.2. The van der Waals surface area contributed by atoms with Crippen LogP contribution in [0.3, 0.4) is 0 Å². The van der Waals surface area contributed by atoms with Crippen LogP contribution in [0.4, 0.5) is 0 Å². The van der Waals surface area contributed by atoms with Gasteiger partial charge in [0.25, 0.3) is 0 Å². The SMILES string of the molecule is CC(Cl)C(N1CCOCC1)N1CCOCC1. The number of morpholine rings is 2. The number of ether oxygens (including phenoxy) is 2. The molecule has 0 radical (unpaired) electrons. The molecule has 0 aliphatic carbocycles. The lowest BCUT2D eigenvalue weighted by atomic mass is 10.2. The summed E-state index contributed by atoms with van der Waals surface area (Å²) in [6.07, 6.45) is 0.328. The third kappa shape index (κ3) is 3.08. The molecule has 0 aromatic carbocycles. The van der Waals surface area contributed by atoms with Crippen LogP contribution in [0.1, 0.15) is 6.92 Å². The Kier molecular flexibility index (Phi) is 4.85. The zero-order valence-electron chi connectivity index (χ0n) is 9.90. The van der Waals surface area contributed by atoms with E-state index in [0.717, 1.165) is 52.6 Å². The van der Waals surface area contributed by atoms with Crippen molar-refractivity contribution < 1.29 is 9.47 Å². The zero-order valence-corrected chi connectivity index (χ0v) is 10.7. The summed E-state index contributed by atoms with van der Waals surface area (Å²) < 4.78 is 10.8. The van der Waals surface area contributed by atoms with Crippen molar-refractivity contribution in [2.24, 2.45) is 0 Å². The second-order valence-corrected chi connectivity index (χ2v) is 5.08. The Morgan fingerprint density at radius 3 is 1.56 bits per heavy atom. The van der Waals surface area contributed by atoms with Crippen molar-refractivity contribution in [3.63, 3.8) is 0 Å². The molecule has 0 spiro atoms. The van der Waals surface area contributed by atoms with E-state index in [-0.39, 0.29) is 5.38 Å². The van der Waals surface area contributed by atoms with E-state index in [1.807, 2.05) is 0 Å². The van der Waals surface area contributed by atoms with Gasteiger partial charge in [-0.3, -0.25) is 9.80 Å². The van der Waals surface area contributed by atoms with Gasteiger partial charge in [0.15, 0.2) is 0 Å². The molecule has 2 aliphatic heterocycles. The second-order valence-electron chi connectivity index (χ2n) is 4.39. The lowest BCUT2D eigenvalue weighted by Crippen LogP contribution is -2.58. The molecule has 2 heterocycles. The van der Waals surface area contributed by atoms with E-state index in [4.69, 9.17) is 21.1 Å². The number of alkyl halides is 1. The predicted octanol–water partition coefficient (Wildman–Crippen LogP) is 0.604. The molecule has 94 valence electrons. The molecule has 2 aliphatic rings. The molecule has 0 aromatic heterocycles. The highest BCUT2D eigenvalue weighted by Gasteiger charge is 2.31. The lowest BCUT2D eigenvalue weighted by molar-refractivity contribution is -0.0654. The van der Waals surface area contributed by atoms with Crippen LogP contribution in [-0.2, 0) is 9.47 Å². The smallest absolute Gasteiger partial charge is 0.0791 e. The van der Waals surface area contributed by atoms with Crippen LogP contribution in [0.5, 0.6) is 0 Å². The van der Waals surface area contributed by atoms with Gasteiger partial charge in [0.05, 0.1) is 38.0 Å². The molecule has 0 bridgehead atoms. The summed E-state index contributed by atoms with van der Waals surface area (Å²) in [4.78, 5) is 4.87. The molecular formula is C11H21ClN2O2. The first-order valence-electron chi connectivity index (χ1n) is 6.06. The molecule has 16 heavy (non-hydrogen) atoms. The molecule has 0 saturated carbocycles. The van der Waals surface area contributed by atoms with Crippen molar-refractivity contribution in [2.75, 3.05) is 52.6 Å². The summed E-state index contributed by atoms with van der Waals surface area (Å²) >= 11 is 6.35. The minimum Gasteiger partial charge on any atom is -0.379 e. The average molecular weight is 249 g/mol. The Labute approximate surface area is 102 Å². The monoisotopic (exact) mass is 248 g/mol. The van der Waals surface area contributed by atoms with Crippen LogP contribution in [-0.4, -0.2) is 73.9 Å². The molecule has 2 fully saturated rings.